The van der Waals surface area contributed by atoms with Gasteiger partial charge in [-0.2, -0.15) is 0 Å². The van der Waals surface area contributed by atoms with Gasteiger partial charge in [-0.25, -0.2) is 0 Å². The highest BCUT2D eigenvalue weighted by atomic mass is 32.1. The Kier molecular flexibility index (Phi) is 3.80. The first-order chi connectivity index (χ1) is 9.93. The van der Waals surface area contributed by atoms with Crippen molar-refractivity contribution in [1.29, 1.82) is 0 Å². The molecule has 0 aliphatic carbocycles. The molecular weight excluding hydrogens is 278 g/mol. The van der Waals surface area contributed by atoms with Crippen LogP contribution in [0.3, 0.4) is 0 Å². The summed E-state index contributed by atoms with van der Waals surface area (Å²) < 4.78 is 5.92. The van der Waals surface area contributed by atoms with Crippen molar-refractivity contribution in [2.45, 2.75) is 52.8 Å². The zero-order valence-corrected chi connectivity index (χ0v) is 14.1. The zero-order chi connectivity index (χ0) is 15.0. The van der Waals surface area contributed by atoms with Gasteiger partial charge in [-0.15, -0.1) is 11.3 Å². The minimum absolute atomic E-state index is 0.0552. The molecule has 0 bridgehead atoms. The van der Waals surface area contributed by atoms with Crippen LogP contribution >= 0.6 is 11.3 Å². The van der Waals surface area contributed by atoms with Crippen LogP contribution in [-0.2, 0) is 19.5 Å². The minimum atomic E-state index is -0.0552. The van der Waals surface area contributed by atoms with Crippen molar-refractivity contribution in [2.75, 3.05) is 0 Å². The highest BCUT2D eigenvalue weighted by Gasteiger charge is 2.29. The minimum Gasteiger partial charge on any atom is -0.487 e. The van der Waals surface area contributed by atoms with Crippen LogP contribution in [0.25, 0.3) is 0 Å². The molecule has 3 heteroatoms. The summed E-state index contributed by atoms with van der Waals surface area (Å²) in [5, 5.41) is 3.54. The summed E-state index contributed by atoms with van der Waals surface area (Å²) >= 11 is 1.89. The third kappa shape index (κ3) is 3.30. The fourth-order valence-electron chi connectivity index (χ4n) is 2.84. The molecule has 0 saturated carbocycles. The van der Waals surface area contributed by atoms with Crippen molar-refractivity contribution in [3.63, 3.8) is 0 Å². The summed E-state index contributed by atoms with van der Waals surface area (Å²) in [6, 6.07) is 8.84. The molecule has 1 aliphatic rings. The standard InChI is InChI=1S/C18H23NOS/c1-12-7-16(21-13(12)2)11-19-10-14-5-6-17-15(8-14)9-18(3,4)20-17/h5-8,19H,9-11H2,1-4H3. The van der Waals surface area contributed by atoms with E-state index in [-0.39, 0.29) is 5.60 Å². The lowest BCUT2D eigenvalue weighted by molar-refractivity contribution is 0.138. The SMILES string of the molecule is Cc1cc(CNCc2ccc3c(c2)CC(C)(C)O3)sc1C. The molecular formula is C18H23NOS. The number of hydrogen-bond acceptors (Lipinski definition) is 3. The predicted octanol–water partition coefficient (Wildman–Crippen LogP) is 4.37. The Morgan fingerprint density at radius 1 is 1.19 bits per heavy atom. The van der Waals surface area contributed by atoms with E-state index in [1.54, 1.807) is 0 Å². The molecule has 0 radical (unpaired) electrons. The van der Waals surface area contributed by atoms with E-state index in [2.05, 4.69) is 57.3 Å². The van der Waals surface area contributed by atoms with Gasteiger partial charge in [-0.1, -0.05) is 12.1 Å². The Morgan fingerprint density at radius 3 is 2.71 bits per heavy atom. The van der Waals surface area contributed by atoms with Crippen LogP contribution in [0, 0.1) is 13.8 Å². The average molecular weight is 301 g/mol. The molecule has 1 aromatic heterocycles. The van der Waals surface area contributed by atoms with Crippen LogP contribution in [0.15, 0.2) is 24.3 Å². The van der Waals surface area contributed by atoms with E-state index >= 15 is 0 Å². The molecule has 2 aromatic rings. The van der Waals surface area contributed by atoms with Crippen molar-refractivity contribution in [2.24, 2.45) is 0 Å². The molecule has 0 unspecified atom stereocenters. The van der Waals surface area contributed by atoms with Gasteiger partial charge in [0.2, 0.25) is 0 Å². The highest BCUT2D eigenvalue weighted by Crippen LogP contribution is 2.35. The van der Waals surface area contributed by atoms with Crippen LogP contribution < -0.4 is 10.1 Å². The second-order valence-corrected chi connectivity index (χ2v) is 7.88. The summed E-state index contributed by atoms with van der Waals surface area (Å²) in [4.78, 5) is 2.83. The van der Waals surface area contributed by atoms with E-state index in [1.807, 2.05) is 11.3 Å². The van der Waals surface area contributed by atoms with Gasteiger partial charge in [0, 0.05) is 29.3 Å². The third-order valence-corrected chi connectivity index (χ3v) is 5.13. The Balaban J connectivity index is 1.59. The highest BCUT2D eigenvalue weighted by molar-refractivity contribution is 7.12. The summed E-state index contributed by atoms with van der Waals surface area (Å²) in [5.74, 6) is 1.05. The van der Waals surface area contributed by atoms with Gasteiger partial charge in [0.25, 0.3) is 0 Å². The van der Waals surface area contributed by atoms with E-state index in [1.165, 1.54) is 26.4 Å². The van der Waals surface area contributed by atoms with Crippen molar-refractivity contribution in [3.05, 3.63) is 50.7 Å². The number of nitrogens with one attached hydrogen (secondary N) is 1. The maximum absolute atomic E-state index is 5.92. The Bertz CT molecular complexity index is 638. The van der Waals surface area contributed by atoms with Gasteiger partial charge < -0.3 is 10.1 Å². The second-order valence-electron chi connectivity index (χ2n) is 6.54. The third-order valence-electron chi connectivity index (χ3n) is 3.97. The van der Waals surface area contributed by atoms with Crippen molar-refractivity contribution in [3.8, 4) is 5.75 Å². The molecule has 3 rings (SSSR count). The zero-order valence-electron chi connectivity index (χ0n) is 13.2. The van der Waals surface area contributed by atoms with Gasteiger partial charge in [0.15, 0.2) is 0 Å². The van der Waals surface area contributed by atoms with Crippen molar-refractivity contribution >= 4 is 11.3 Å². The Labute approximate surface area is 131 Å². The molecule has 112 valence electrons. The number of aryl methyl sites for hydroxylation is 2. The van der Waals surface area contributed by atoms with E-state index in [0.717, 1.165) is 25.3 Å². The lowest BCUT2D eigenvalue weighted by Crippen LogP contribution is -2.24. The summed E-state index contributed by atoms with van der Waals surface area (Å²) in [7, 11) is 0. The molecule has 1 aromatic carbocycles. The smallest absolute Gasteiger partial charge is 0.123 e. The van der Waals surface area contributed by atoms with Gasteiger partial charge in [-0.05, 0) is 56.5 Å². The van der Waals surface area contributed by atoms with Gasteiger partial charge in [0.05, 0.1) is 0 Å². The van der Waals surface area contributed by atoms with Crippen molar-refractivity contribution < 1.29 is 4.74 Å². The lowest BCUT2D eigenvalue weighted by atomic mass is 10.0. The number of benzene rings is 1. The summed E-state index contributed by atoms with van der Waals surface area (Å²) in [5.41, 5.74) is 4.01. The van der Waals surface area contributed by atoms with E-state index in [9.17, 15) is 0 Å². The number of rotatable bonds is 4. The first-order valence-corrected chi connectivity index (χ1v) is 8.32. The maximum Gasteiger partial charge on any atom is 0.123 e. The lowest BCUT2D eigenvalue weighted by Gasteiger charge is -2.16. The van der Waals surface area contributed by atoms with E-state index < -0.39 is 0 Å². The average Bonchev–Trinajstić information content (AvgIpc) is 2.87. The van der Waals surface area contributed by atoms with E-state index in [4.69, 9.17) is 4.74 Å². The Hall–Kier alpha value is -1.32. The number of thiophene rings is 1. The predicted molar refractivity (Wildman–Crippen MR) is 89.2 cm³/mol. The first-order valence-electron chi connectivity index (χ1n) is 7.50. The molecule has 1 N–H and O–H groups in total. The van der Waals surface area contributed by atoms with Crippen LogP contribution in [0.2, 0.25) is 0 Å². The first kappa shape index (κ1) is 14.6. The normalized spacial score (nSPS) is 15.8. The molecule has 0 saturated heterocycles. The quantitative estimate of drug-likeness (QED) is 0.905. The number of fused-ring (bicyclic) bond motifs is 1. The van der Waals surface area contributed by atoms with Gasteiger partial charge in [0.1, 0.15) is 11.4 Å². The fraction of sp³-hybridized carbons (Fsp3) is 0.444. The molecule has 0 fully saturated rings. The topological polar surface area (TPSA) is 21.3 Å². The Morgan fingerprint density at radius 2 is 2.00 bits per heavy atom. The monoisotopic (exact) mass is 301 g/mol. The molecule has 2 nitrogen and oxygen atoms in total. The van der Waals surface area contributed by atoms with Crippen LogP contribution in [-0.4, -0.2) is 5.60 Å². The molecule has 0 atom stereocenters. The summed E-state index contributed by atoms with van der Waals surface area (Å²) in [6.07, 6.45) is 0.999. The molecule has 0 spiro atoms. The fourth-order valence-corrected chi connectivity index (χ4v) is 3.86. The van der Waals surface area contributed by atoms with Gasteiger partial charge in [-0.3, -0.25) is 0 Å². The maximum atomic E-state index is 5.92. The largest absolute Gasteiger partial charge is 0.487 e. The van der Waals surface area contributed by atoms with Crippen LogP contribution in [0.1, 0.15) is 40.3 Å². The number of hydrogen-bond donors (Lipinski definition) is 1. The molecule has 2 heterocycles. The molecule has 21 heavy (non-hydrogen) atoms. The van der Waals surface area contributed by atoms with Crippen molar-refractivity contribution in [1.82, 2.24) is 5.32 Å². The molecule has 0 amide bonds. The van der Waals surface area contributed by atoms with Crippen LogP contribution in [0.4, 0.5) is 0 Å². The molecule has 1 aliphatic heterocycles. The van der Waals surface area contributed by atoms with E-state index in [0.29, 0.717) is 0 Å². The summed E-state index contributed by atoms with van der Waals surface area (Å²) in [6.45, 7) is 10.5. The van der Waals surface area contributed by atoms with Gasteiger partial charge >= 0.3 is 0 Å². The second kappa shape index (κ2) is 5.47. The number of ether oxygens (including phenoxy) is 1. The van der Waals surface area contributed by atoms with Crippen LogP contribution in [0.5, 0.6) is 5.75 Å².